The number of rotatable bonds is 10. The summed E-state index contributed by atoms with van der Waals surface area (Å²) in [6, 6.07) is 24.8. The van der Waals surface area contributed by atoms with Crippen LogP contribution in [0.1, 0.15) is 47.1 Å². The number of carbonyl (C=O) groups excluding carboxylic acids is 1. The Morgan fingerprint density at radius 1 is 0.897 bits per heavy atom. The first-order valence-corrected chi connectivity index (χ1v) is 13.0. The Morgan fingerprint density at radius 2 is 1.62 bits per heavy atom. The first-order valence-electron chi connectivity index (χ1n) is 13.0. The van der Waals surface area contributed by atoms with Gasteiger partial charge in [0, 0.05) is 11.3 Å². The predicted molar refractivity (Wildman–Crippen MR) is 147 cm³/mol. The first-order chi connectivity index (χ1) is 19.1. The molecule has 0 bridgehead atoms. The van der Waals surface area contributed by atoms with Crippen molar-refractivity contribution < 1.29 is 9.18 Å². The molecule has 1 N–H and O–H groups in total. The van der Waals surface area contributed by atoms with Crippen molar-refractivity contribution in [2.75, 3.05) is 0 Å². The summed E-state index contributed by atoms with van der Waals surface area (Å²) >= 11 is 0. The summed E-state index contributed by atoms with van der Waals surface area (Å²) in [5.74, 6) is 0.145. The SMILES string of the molecule is CCCCc1c(CF)n(C(=O)Cc2ccccc2)c(=O)n1Cc1ccc(-c2ccccc2-c2nnn[nH]2)cc1. The largest absolute Gasteiger partial charge is 0.335 e. The lowest BCUT2D eigenvalue weighted by molar-refractivity contribution is 0.0903. The Hall–Kier alpha value is -4.66. The van der Waals surface area contributed by atoms with E-state index in [9.17, 15) is 14.0 Å². The maximum atomic E-state index is 14.4. The molecule has 8 nitrogen and oxygen atoms in total. The van der Waals surface area contributed by atoms with Crippen LogP contribution in [0.15, 0.2) is 83.7 Å². The van der Waals surface area contributed by atoms with Crippen LogP contribution >= 0.6 is 0 Å². The second kappa shape index (κ2) is 11.8. The molecule has 3 aromatic carbocycles. The van der Waals surface area contributed by atoms with Crippen molar-refractivity contribution in [3.05, 3.63) is 112 Å². The summed E-state index contributed by atoms with van der Waals surface area (Å²) in [5, 5.41) is 14.2. The lowest BCUT2D eigenvalue weighted by Gasteiger charge is -2.11. The van der Waals surface area contributed by atoms with Crippen molar-refractivity contribution in [1.29, 1.82) is 0 Å². The molecule has 0 atom stereocenters. The smallest absolute Gasteiger partial charge is 0.291 e. The summed E-state index contributed by atoms with van der Waals surface area (Å²) in [6.45, 7) is 1.40. The van der Waals surface area contributed by atoms with E-state index in [2.05, 4.69) is 20.6 Å². The van der Waals surface area contributed by atoms with Crippen LogP contribution in [0.5, 0.6) is 0 Å². The molecule has 39 heavy (non-hydrogen) atoms. The van der Waals surface area contributed by atoms with Crippen molar-refractivity contribution in [2.24, 2.45) is 0 Å². The molecule has 198 valence electrons. The highest BCUT2D eigenvalue weighted by Gasteiger charge is 2.24. The second-order valence-corrected chi connectivity index (χ2v) is 9.38. The van der Waals surface area contributed by atoms with E-state index in [4.69, 9.17) is 0 Å². The average Bonchev–Trinajstić information content (AvgIpc) is 3.60. The van der Waals surface area contributed by atoms with Crippen LogP contribution < -0.4 is 5.69 Å². The fraction of sp³-hybridized carbons (Fsp3) is 0.233. The van der Waals surface area contributed by atoms with Crippen LogP contribution in [0.2, 0.25) is 0 Å². The Kier molecular flexibility index (Phi) is 7.86. The van der Waals surface area contributed by atoms with E-state index in [1.807, 2.05) is 85.8 Å². The molecule has 0 aliphatic heterocycles. The summed E-state index contributed by atoms with van der Waals surface area (Å²) in [7, 11) is 0. The molecule has 0 amide bonds. The van der Waals surface area contributed by atoms with Gasteiger partial charge in [-0.25, -0.2) is 18.9 Å². The highest BCUT2D eigenvalue weighted by molar-refractivity contribution is 5.82. The van der Waals surface area contributed by atoms with Gasteiger partial charge in [0.05, 0.1) is 18.7 Å². The Bertz CT molecular complexity index is 1610. The molecule has 5 rings (SSSR count). The molecule has 2 aromatic heterocycles. The zero-order chi connectivity index (χ0) is 27.2. The van der Waals surface area contributed by atoms with Gasteiger partial charge in [0.1, 0.15) is 6.67 Å². The number of nitrogens with zero attached hydrogens (tertiary/aromatic N) is 5. The van der Waals surface area contributed by atoms with Crippen LogP contribution in [0.25, 0.3) is 22.5 Å². The monoisotopic (exact) mass is 524 g/mol. The summed E-state index contributed by atoms with van der Waals surface area (Å²) in [4.78, 5) is 26.8. The van der Waals surface area contributed by atoms with Crippen LogP contribution in [-0.4, -0.2) is 35.7 Å². The van der Waals surface area contributed by atoms with Gasteiger partial charge in [0.15, 0.2) is 5.82 Å². The number of benzene rings is 3. The van der Waals surface area contributed by atoms with E-state index in [0.29, 0.717) is 17.9 Å². The van der Waals surface area contributed by atoms with Crippen molar-refractivity contribution in [2.45, 2.75) is 45.8 Å². The average molecular weight is 525 g/mol. The van der Waals surface area contributed by atoms with E-state index in [1.54, 1.807) is 4.57 Å². The van der Waals surface area contributed by atoms with Crippen molar-refractivity contribution in [3.8, 4) is 22.5 Å². The van der Waals surface area contributed by atoms with Gasteiger partial charge in [-0.3, -0.25) is 9.36 Å². The number of hydrogen-bond donors (Lipinski definition) is 1. The topological polar surface area (TPSA) is 98.5 Å². The number of tetrazole rings is 1. The molecule has 9 heteroatoms. The second-order valence-electron chi connectivity index (χ2n) is 9.38. The molecule has 0 saturated carbocycles. The van der Waals surface area contributed by atoms with E-state index in [1.165, 1.54) is 0 Å². The lowest BCUT2D eigenvalue weighted by Crippen LogP contribution is -2.31. The molecule has 5 aromatic rings. The van der Waals surface area contributed by atoms with Crippen LogP contribution in [-0.2, 0) is 26.1 Å². The van der Waals surface area contributed by atoms with Crippen LogP contribution in [0, 0.1) is 0 Å². The number of aromatic nitrogens is 6. The molecule has 0 unspecified atom stereocenters. The Balaban J connectivity index is 1.47. The summed E-state index contributed by atoms with van der Waals surface area (Å²) < 4.78 is 16.9. The van der Waals surface area contributed by atoms with Gasteiger partial charge < -0.3 is 0 Å². The van der Waals surface area contributed by atoms with Gasteiger partial charge >= 0.3 is 5.69 Å². The molecule has 0 fully saturated rings. The van der Waals surface area contributed by atoms with Crippen LogP contribution in [0.4, 0.5) is 4.39 Å². The third kappa shape index (κ3) is 5.47. The predicted octanol–water partition coefficient (Wildman–Crippen LogP) is 5.24. The number of nitrogens with one attached hydrogen (secondary N) is 1. The number of H-pyrrole nitrogens is 1. The van der Waals surface area contributed by atoms with E-state index < -0.39 is 18.3 Å². The highest BCUT2D eigenvalue weighted by atomic mass is 19.1. The van der Waals surface area contributed by atoms with Gasteiger partial charge in [-0.05, 0) is 45.5 Å². The molecule has 0 saturated heterocycles. The minimum atomic E-state index is -0.881. The molecule has 2 heterocycles. The zero-order valence-corrected chi connectivity index (χ0v) is 21.7. The van der Waals surface area contributed by atoms with Gasteiger partial charge in [-0.2, -0.15) is 0 Å². The number of imidazole rings is 1. The van der Waals surface area contributed by atoms with Gasteiger partial charge in [0.25, 0.3) is 0 Å². The van der Waals surface area contributed by atoms with Crippen LogP contribution in [0.3, 0.4) is 0 Å². The molecule has 0 radical (unpaired) electrons. The molecular formula is C30H29FN6O2. The number of carbonyl (C=O) groups is 1. The van der Waals surface area contributed by atoms with Crippen molar-refractivity contribution in [3.63, 3.8) is 0 Å². The minimum Gasteiger partial charge on any atom is -0.291 e. The third-order valence-electron chi connectivity index (χ3n) is 6.83. The minimum absolute atomic E-state index is 0.0276. The first kappa shape index (κ1) is 26.0. The number of unbranched alkanes of at least 4 members (excludes halogenated alkanes) is 1. The molecule has 0 spiro atoms. The van der Waals surface area contributed by atoms with Crippen molar-refractivity contribution in [1.82, 2.24) is 29.8 Å². The molecule has 0 aliphatic rings. The normalized spacial score (nSPS) is 11.1. The fourth-order valence-corrected chi connectivity index (χ4v) is 4.85. The third-order valence-corrected chi connectivity index (χ3v) is 6.83. The quantitative estimate of drug-likeness (QED) is 0.269. The number of aromatic amines is 1. The number of alkyl halides is 1. The summed E-state index contributed by atoms with van der Waals surface area (Å²) in [6.07, 6.45) is 2.22. The Labute approximate surface area is 225 Å². The maximum absolute atomic E-state index is 14.4. The number of hydrogen-bond acceptors (Lipinski definition) is 5. The maximum Gasteiger partial charge on any atom is 0.335 e. The molecule has 0 aliphatic carbocycles. The standard InChI is InChI=1S/C30H29FN6O2/c1-2-3-13-26-27(19-31)37(28(38)18-21-9-5-4-6-10-21)30(39)36(26)20-22-14-16-23(17-15-22)24-11-7-8-12-25(24)29-32-34-35-33-29/h4-12,14-17H,2-3,13,18-20H2,1H3,(H,32,33,34,35). The van der Waals surface area contributed by atoms with E-state index >= 15 is 0 Å². The Morgan fingerprint density at radius 3 is 2.28 bits per heavy atom. The molecular weight excluding hydrogens is 495 g/mol. The number of halogens is 1. The van der Waals surface area contributed by atoms with E-state index in [0.717, 1.165) is 45.2 Å². The van der Waals surface area contributed by atoms with Crippen molar-refractivity contribution >= 4 is 5.91 Å². The lowest BCUT2D eigenvalue weighted by atomic mass is 9.98. The summed E-state index contributed by atoms with van der Waals surface area (Å²) in [5.41, 5.74) is 4.68. The van der Waals surface area contributed by atoms with Gasteiger partial charge in [-0.1, -0.05) is 92.2 Å². The zero-order valence-electron chi connectivity index (χ0n) is 21.7. The van der Waals surface area contributed by atoms with E-state index in [-0.39, 0.29) is 18.7 Å². The fourth-order valence-electron chi connectivity index (χ4n) is 4.85. The van der Waals surface area contributed by atoms with Gasteiger partial charge in [-0.15, -0.1) is 5.10 Å². The van der Waals surface area contributed by atoms with Gasteiger partial charge in [0.2, 0.25) is 5.91 Å². The highest BCUT2D eigenvalue weighted by Crippen LogP contribution is 2.30.